The van der Waals surface area contributed by atoms with Crippen molar-refractivity contribution in [2.45, 2.75) is 347 Å². The van der Waals surface area contributed by atoms with Crippen LogP contribution in [0.25, 0.3) is 0 Å². The highest BCUT2D eigenvalue weighted by atomic mass is 16.5. The van der Waals surface area contributed by atoms with Crippen molar-refractivity contribution in [2.75, 3.05) is 13.2 Å². The Labute approximate surface area is 436 Å². The van der Waals surface area contributed by atoms with Crippen LogP contribution in [0.4, 0.5) is 0 Å². The molecule has 0 aromatic carbocycles. The lowest BCUT2D eigenvalue weighted by atomic mass is 10.0. The number of esters is 1. The lowest BCUT2D eigenvalue weighted by Crippen LogP contribution is -2.45. The number of allylic oxidation sites excluding steroid dienone is 6. The Morgan fingerprint density at radius 1 is 0.400 bits per heavy atom. The van der Waals surface area contributed by atoms with Gasteiger partial charge in [-0.2, -0.15) is 0 Å². The second-order valence-electron chi connectivity index (χ2n) is 21.4. The summed E-state index contributed by atoms with van der Waals surface area (Å²) in [5.74, 6) is -0.0727. The molecule has 0 saturated carbocycles. The van der Waals surface area contributed by atoms with Gasteiger partial charge >= 0.3 is 5.97 Å². The van der Waals surface area contributed by atoms with Crippen LogP contribution in [0.5, 0.6) is 0 Å². The van der Waals surface area contributed by atoms with Gasteiger partial charge in [0, 0.05) is 12.8 Å². The van der Waals surface area contributed by atoms with Gasteiger partial charge in [-0.05, 0) is 77.0 Å². The molecule has 70 heavy (non-hydrogen) atoms. The third-order valence-electron chi connectivity index (χ3n) is 14.4. The minimum Gasteiger partial charge on any atom is -0.466 e. The van der Waals surface area contributed by atoms with Gasteiger partial charge < -0.3 is 20.3 Å². The second kappa shape index (κ2) is 59.6. The molecule has 0 spiro atoms. The SMILES string of the molecule is CCC/C=C\C/C=C\CCCCCCCC(=O)OCCCCCC/C=C\CCCCCCCCCC(=O)NC(CO)C(O)CCCCCCCCCCCCCCCCCCCCCCCCCCC. The molecule has 0 aliphatic rings. The Morgan fingerprint density at radius 2 is 0.743 bits per heavy atom. The van der Waals surface area contributed by atoms with E-state index in [0.29, 0.717) is 25.9 Å². The highest BCUT2D eigenvalue weighted by molar-refractivity contribution is 5.76. The highest BCUT2D eigenvalue weighted by Crippen LogP contribution is 2.18. The Hall–Kier alpha value is -1.92. The largest absolute Gasteiger partial charge is 0.466 e. The van der Waals surface area contributed by atoms with Crippen LogP contribution in [0.15, 0.2) is 36.5 Å². The first-order chi connectivity index (χ1) is 34.5. The fourth-order valence-electron chi connectivity index (χ4n) is 9.61. The molecule has 0 aliphatic heterocycles. The van der Waals surface area contributed by atoms with E-state index >= 15 is 0 Å². The number of rotatable bonds is 58. The normalized spacial score (nSPS) is 12.8. The van der Waals surface area contributed by atoms with Crippen LogP contribution in [0.2, 0.25) is 0 Å². The van der Waals surface area contributed by atoms with Crippen molar-refractivity contribution < 1.29 is 24.5 Å². The monoisotopic (exact) mass is 984 g/mol. The first-order valence-electron chi connectivity index (χ1n) is 31.2. The molecule has 412 valence electrons. The minimum absolute atomic E-state index is 0.0249. The summed E-state index contributed by atoms with van der Waals surface area (Å²) >= 11 is 0. The number of hydrogen-bond acceptors (Lipinski definition) is 5. The van der Waals surface area contributed by atoms with Gasteiger partial charge in [0.15, 0.2) is 0 Å². The maximum absolute atomic E-state index is 12.5. The maximum atomic E-state index is 12.5. The standard InChI is InChI=1S/C64H121NO5/c1-3-5-7-9-11-13-15-17-18-19-20-21-22-23-24-25-26-27-29-33-36-40-44-48-52-56-62(67)61(60-66)65-63(68)57-53-49-45-41-37-34-30-28-31-35-39-43-47-51-55-59-70-64(69)58-54-50-46-42-38-32-16-14-12-10-8-6-4-2/h8,10,14,16,31,35,61-62,66-67H,3-7,9,11-13,15,17-30,32-34,36-60H2,1-2H3,(H,65,68)/b10-8-,16-14-,35-31-. The molecule has 2 unspecified atom stereocenters. The topological polar surface area (TPSA) is 95.9 Å². The molecule has 0 rings (SSSR count). The van der Waals surface area contributed by atoms with Crippen LogP contribution in [-0.2, 0) is 14.3 Å². The molecule has 1 amide bonds. The molecule has 6 nitrogen and oxygen atoms in total. The van der Waals surface area contributed by atoms with Crippen molar-refractivity contribution >= 4 is 11.9 Å². The van der Waals surface area contributed by atoms with E-state index in [0.717, 1.165) is 83.5 Å². The molecule has 0 radical (unpaired) electrons. The van der Waals surface area contributed by atoms with Crippen molar-refractivity contribution in [2.24, 2.45) is 0 Å². The van der Waals surface area contributed by atoms with E-state index in [1.165, 1.54) is 218 Å². The molecule has 0 saturated heterocycles. The molecule has 0 aromatic rings. The van der Waals surface area contributed by atoms with E-state index in [1.807, 2.05) is 0 Å². The van der Waals surface area contributed by atoms with Crippen LogP contribution in [0.3, 0.4) is 0 Å². The fraction of sp³-hybridized carbons (Fsp3) is 0.875. The zero-order valence-electron chi connectivity index (χ0n) is 47.0. The van der Waals surface area contributed by atoms with E-state index in [4.69, 9.17) is 4.74 Å². The smallest absolute Gasteiger partial charge is 0.305 e. The quantitative estimate of drug-likeness (QED) is 0.0321. The van der Waals surface area contributed by atoms with Crippen LogP contribution in [0.1, 0.15) is 335 Å². The average molecular weight is 985 g/mol. The summed E-state index contributed by atoms with van der Waals surface area (Å²) in [6.07, 6.45) is 74.4. The average Bonchev–Trinajstić information content (AvgIpc) is 3.36. The summed E-state index contributed by atoms with van der Waals surface area (Å²) in [7, 11) is 0. The third-order valence-corrected chi connectivity index (χ3v) is 14.4. The van der Waals surface area contributed by atoms with Gasteiger partial charge in [-0.3, -0.25) is 9.59 Å². The molecule has 0 heterocycles. The minimum atomic E-state index is -0.677. The first kappa shape index (κ1) is 68.1. The summed E-state index contributed by atoms with van der Waals surface area (Å²) in [4.78, 5) is 24.5. The molecular weight excluding hydrogens is 863 g/mol. The van der Waals surface area contributed by atoms with Crippen molar-refractivity contribution in [3.8, 4) is 0 Å². The van der Waals surface area contributed by atoms with Gasteiger partial charge in [0.2, 0.25) is 5.91 Å². The van der Waals surface area contributed by atoms with Gasteiger partial charge in [0.25, 0.3) is 0 Å². The van der Waals surface area contributed by atoms with Gasteiger partial charge in [0.1, 0.15) is 0 Å². The van der Waals surface area contributed by atoms with Crippen LogP contribution < -0.4 is 5.32 Å². The van der Waals surface area contributed by atoms with Gasteiger partial charge in [-0.15, -0.1) is 0 Å². The van der Waals surface area contributed by atoms with E-state index in [2.05, 4.69) is 55.6 Å². The Balaban J connectivity index is 3.47. The zero-order valence-corrected chi connectivity index (χ0v) is 47.0. The molecule has 0 aromatic heterocycles. The maximum Gasteiger partial charge on any atom is 0.305 e. The number of unbranched alkanes of at least 4 members (excludes halogenated alkanes) is 41. The number of aliphatic hydroxyl groups excluding tert-OH is 2. The Morgan fingerprint density at radius 3 is 1.16 bits per heavy atom. The zero-order chi connectivity index (χ0) is 50.7. The van der Waals surface area contributed by atoms with E-state index in [1.54, 1.807) is 0 Å². The van der Waals surface area contributed by atoms with E-state index in [9.17, 15) is 19.8 Å². The molecule has 0 aliphatic carbocycles. The number of carbonyl (C=O) groups is 2. The predicted octanol–water partition coefficient (Wildman–Crippen LogP) is 19.6. The van der Waals surface area contributed by atoms with Crippen LogP contribution in [0, 0.1) is 0 Å². The second-order valence-corrected chi connectivity index (χ2v) is 21.4. The first-order valence-corrected chi connectivity index (χ1v) is 31.2. The summed E-state index contributed by atoms with van der Waals surface area (Å²) in [5, 5.41) is 23.4. The van der Waals surface area contributed by atoms with Crippen molar-refractivity contribution in [3.05, 3.63) is 36.5 Å². The Bertz CT molecular complexity index is 1130. The van der Waals surface area contributed by atoms with Crippen molar-refractivity contribution in [3.63, 3.8) is 0 Å². The summed E-state index contributed by atoms with van der Waals surface area (Å²) in [6, 6.07) is -0.555. The number of aliphatic hydroxyl groups is 2. The van der Waals surface area contributed by atoms with E-state index in [-0.39, 0.29) is 18.5 Å². The number of hydrogen-bond donors (Lipinski definition) is 3. The molecular formula is C64H121NO5. The molecule has 6 heteroatoms. The number of carbonyl (C=O) groups excluding carboxylic acids is 2. The fourth-order valence-corrected chi connectivity index (χ4v) is 9.61. The van der Waals surface area contributed by atoms with Crippen molar-refractivity contribution in [1.29, 1.82) is 0 Å². The molecule has 0 fully saturated rings. The number of ether oxygens (including phenoxy) is 1. The summed E-state index contributed by atoms with van der Waals surface area (Å²) in [6.45, 7) is 4.87. The Kier molecular flexibility index (Phi) is 58.0. The van der Waals surface area contributed by atoms with Gasteiger partial charge in [-0.25, -0.2) is 0 Å². The summed E-state index contributed by atoms with van der Waals surface area (Å²) in [5.41, 5.74) is 0. The molecule has 2 atom stereocenters. The third kappa shape index (κ3) is 55.4. The predicted molar refractivity (Wildman–Crippen MR) is 306 cm³/mol. The van der Waals surface area contributed by atoms with E-state index < -0.39 is 12.1 Å². The highest BCUT2D eigenvalue weighted by Gasteiger charge is 2.20. The van der Waals surface area contributed by atoms with Crippen LogP contribution in [-0.4, -0.2) is 47.4 Å². The van der Waals surface area contributed by atoms with Crippen molar-refractivity contribution in [1.82, 2.24) is 5.32 Å². The van der Waals surface area contributed by atoms with Gasteiger partial charge in [0.05, 0.1) is 25.4 Å². The van der Waals surface area contributed by atoms with Gasteiger partial charge in [-0.1, -0.05) is 281 Å². The van der Waals surface area contributed by atoms with Crippen LogP contribution >= 0.6 is 0 Å². The number of amides is 1. The lowest BCUT2D eigenvalue weighted by Gasteiger charge is -2.22. The molecule has 3 N–H and O–H groups in total. The molecule has 0 bridgehead atoms. The number of nitrogens with one attached hydrogen (secondary N) is 1. The summed E-state index contributed by atoms with van der Waals surface area (Å²) < 4.78 is 5.45. The lowest BCUT2D eigenvalue weighted by molar-refractivity contribution is -0.143.